The Morgan fingerprint density at radius 2 is 2.08 bits per heavy atom. The third-order valence-corrected chi connectivity index (χ3v) is 1.74. The van der Waals surface area contributed by atoms with Crippen LogP contribution in [0.2, 0.25) is 0 Å². The largest absolute Gasteiger partial charge is 0.504 e. The fourth-order valence-corrected chi connectivity index (χ4v) is 1.19. The molecule has 0 unspecified atom stereocenters. The summed E-state index contributed by atoms with van der Waals surface area (Å²) in [6, 6.07) is 5.38. The first-order chi connectivity index (χ1) is 6.13. The van der Waals surface area contributed by atoms with Gasteiger partial charge in [-0.2, -0.15) is 0 Å². The van der Waals surface area contributed by atoms with Crippen molar-refractivity contribution < 1.29 is 9.84 Å². The highest BCUT2D eigenvalue weighted by Gasteiger charge is 2.02. The molecular weight excluding hydrogens is 166 g/mol. The minimum atomic E-state index is 0.185. The minimum absolute atomic E-state index is 0.185. The highest BCUT2D eigenvalue weighted by atomic mass is 16.5. The van der Waals surface area contributed by atoms with Crippen LogP contribution in [0.1, 0.15) is 5.56 Å². The second kappa shape index (κ2) is 4.14. The van der Waals surface area contributed by atoms with E-state index in [-0.39, 0.29) is 5.75 Å². The number of phenols is 1. The maximum atomic E-state index is 9.33. The number of methoxy groups -OCH3 is 1. The molecule has 0 atom stereocenters. The molecule has 3 heteroatoms. The van der Waals surface area contributed by atoms with Gasteiger partial charge in [0.15, 0.2) is 11.5 Å². The maximum Gasteiger partial charge on any atom is 0.160 e. The number of aromatic hydroxyl groups is 1. The molecule has 0 bridgehead atoms. The van der Waals surface area contributed by atoms with Gasteiger partial charge in [-0.1, -0.05) is 6.07 Å². The molecule has 3 nitrogen and oxygen atoms in total. The Labute approximate surface area is 78.6 Å². The average Bonchev–Trinajstić information content (AvgIpc) is 2.07. The number of phenolic OH excluding ortho intramolecular Hbond substituents is 1. The first-order valence-corrected chi connectivity index (χ1v) is 4.14. The molecule has 0 amide bonds. The Hall–Kier alpha value is -1.22. The van der Waals surface area contributed by atoms with E-state index in [9.17, 15) is 5.11 Å². The number of benzene rings is 1. The van der Waals surface area contributed by atoms with Crippen LogP contribution in [0.5, 0.6) is 11.5 Å². The minimum Gasteiger partial charge on any atom is -0.504 e. The van der Waals surface area contributed by atoms with Crippen molar-refractivity contribution in [2.75, 3.05) is 21.2 Å². The summed E-state index contributed by atoms with van der Waals surface area (Å²) in [6.07, 6.45) is 0. The van der Waals surface area contributed by atoms with Crippen molar-refractivity contribution >= 4 is 0 Å². The van der Waals surface area contributed by atoms with Crippen molar-refractivity contribution in [2.45, 2.75) is 6.54 Å². The first kappa shape index (κ1) is 9.86. The zero-order valence-corrected chi connectivity index (χ0v) is 8.24. The van der Waals surface area contributed by atoms with E-state index in [0.29, 0.717) is 5.75 Å². The van der Waals surface area contributed by atoms with Gasteiger partial charge in [0.2, 0.25) is 0 Å². The van der Waals surface area contributed by atoms with Gasteiger partial charge in [0, 0.05) is 6.54 Å². The lowest BCUT2D eigenvalue weighted by molar-refractivity contribution is 0.368. The fourth-order valence-electron chi connectivity index (χ4n) is 1.19. The van der Waals surface area contributed by atoms with E-state index in [2.05, 4.69) is 4.90 Å². The molecule has 0 saturated carbocycles. The van der Waals surface area contributed by atoms with E-state index >= 15 is 0 Å². The standard InChI is InChI=1S/C10H15NO2/c1-11(2)7-8-4-5-9(12)10(6-8)13-3/h4-6,12H,7H2,1-3H3. The molecule has 0 spiro atoms. The second-order valence-corrected chi connectivity index (χ2v) is 3.24. The molecule has 0 aliphatic heterocycles. The van der Waals surface area contributed by atoms with E-state index < -0.39 is 0 Å². The van der Waals surface area contributed by atoms with Crippen LogP contribution in [0.4, 0.5) is 0 Å². The number of hydrogen-bond acceptors (Lipinski definition) is 3. The fraction of sp³-hybridized carbons (Fsp3) is 0.400. The molecule has 0 heterocycles. The maximum absolute atomic E-state index is 9.33. The van der Waals surface area contributed by atoms with E-state index in [4.69, 9.17) is 4.74 Å². The number of rotatable bonds is 3. The van der Waals surface area contributed by atoms with Crippen LogP contribution >= 0.6 is 0 Å². The zero-order chi connectivity index (χ0) is 9.84. The van der Waals surface area contributed by atoms with E-state index in [0.717, 1.165) is 12.1 Å². The molecule has 1 N–H and O–H groups in total. The van der Waals surface area contributed by atoms with Crippen molar-refractivity contribution in [2.24, 2.45) is 0 Å². The molecule has 72 valence electrons. The monoisotopic (exact) mass is 181 g/mol. The smallest absolute Gasteiger partial charge is 0.160 e. The Morgan fingerprint density at radius 1 is 1.38 bits per heavy atom. The van der Waals surface area contributed by atoms with Gasteiger partial charge in [-0.15, -0.1) is 0 Å². The lowest BCUT2D eigenvalue weighted by Crippen LogP contribution is -2.10. The third-order valence-electron chi connectivity index (χ3n) is 1.74. The summed E-state index contributed by atoms with van der Waals surface area (Å²) in [5.41, 5.74) is 1.12. The summed E-state index contributed by atoms with van der Waals surface area (Å²) in [4.78, 5) is 2.06. The summed E-state index contributed by atoms with van der Waals surface area (Å²) in [6.45, 7) is 0.844. The van der Waals surface area contributed by atoms with Crippen molar-refractivity contribution in [1.29, 1.82) is 0 Å². The molecule has 0 aromatic heterocycles. The van der Waals surface area contributed by atoms with Crippen molar-refractivity contribution in [3.63, 3.8) is 0 Å². The van der Waals surface area contributed by atoms with Crippen LogP contribution in [-0.4, -0.2) is 31.2 Å². The number of nitrogens with zero attached hydrogens (tertiary/aromatic N) is 1. The summed E-state index contributed by atoms with van der Waals surface area (Å²) in [5.74, 6) is 0.712. The Balaban J connectivity index is 2.86. The molecule has 0 saturated heterocycles. The van der Waals surface area contributed by atoms with Gasteiger partial charge in [0.05, 0.1) is 7.11 Å². The van der Waals surface area contributed by atoms with E-state index in [1.165, 1.54) is 0 Å². The van der Waals surface area contributed by atoms with Gasteiger partial charge >= 0.3 is 0 Å². The van der Waals surface area contributed by atoms with Crippen LogP contribution < -0.4 is 4.74 Å². The van der Waals surface area contributed by atoms with Gasteiger partial charge in [-0.25, -0.2) is 0 Å². The van der Waals surface area contributed by atoms with Crippen molar-refractivity contribution in [1.82, 2.24) is 4.90 Å². The highest BCUT2D eigenvalue weighted by Crippen LogP contribution is 2.26. The molecule has 0 aliphatic carbocycles. The zero-order valence-electron chi connectivity index (χ0n) is 8.24. The molecule has 0 fully saturated rings. The second-order valence-electron chi connectivity index (χ2n) is 3.24. The molecule has 0 aliphatic rings. The Morgan fingerprint density at radius 3 is 2.62 bits per heavy atom. The normalized spacial score (nSPS) is 10.5. The van der Waals surface area contributed by atoms with Crippen LogP contribution in [0.25, 0.3) is 0 Å². The van der Waals surface area contributed by atoms with Crippen LogP contribution in [0.3, 0.4) is 0 Å². The van der Waals surface area contributed by atoms with E-state index in [1.54, 1.807) is 13.2 Å². The Bertz CT molecular complexity index is 284. The van der Waals surface area contributed by atoms with Crippen LogP contribution in [0.15, 0.2) is 18.2 Å². The highest BCUT2D eigenvalue weighted by molar-refractivity contribution is 5.41. The predicted octanol–water partition coefficient (Wildman–Crippen LogP) is 1.46. The van der Waals surface area contributed by atoms with Crippen molar-refractivity contribution in [3.8, 4) is 11.5 Å². The van der Waals surface area contributed by atoms with Gasteiger partial charge in [-0.05, 0) is 31.8 Å². The lowest BCUT2D eigenvalue weighted by atomic mass is 10.2. The summed E-state index contributed by atoms with van der Waals surface area (Å²) in [7, 11) is 5.55. The third kappa shape index (κ3) is 2.63. The number of hydrogen-bond donors (Lipinski definition) is 1. The summed E-state index contributed by atoms with van der Waals surface area (Å²) in [5, 5.41) is 9.33. The molecule has 1 aromatic rings. The van der Waals surface area contributed by atoms with Crippen LogP contribution in [-0.2, 0) is 6.54 Å². The van der Waals surface area contributed by atoms with E-state index in [1.807, 2.05) is 26.2 Å². The van der Waals surface area contributed by atoms with Crippen molar-refractivity contribution in [3.05, 3.63) is 23.8 Å². The summed E-state index contributed by atoms with van der Waals surface area (Å²) < 4.78 is 5.00. The van der Waals surface area contributed by atoms with Gasteiger partial charge in [0.1, 0.15) is 0 Å². The molecule has 1 aromatic carbocycles. The average molecular weight is 181 g/mol. The molecular formula is C10H15NO2. The topological polar surface area (TPSA) is 32.7 Å². The SMILES string of the molecule is COc1cc(CN(C)C)ccc1O. The predicted molar refractivity (Wildman–Crippen MR) is 52.0 cm³/mol. The van der Waals surface area contributed by atoms with Gasteiger partial charge in [-0.3, -0.25) is 0 Å². The lowest BCUT2D eigenvalue weighted by Gasteiger charge is -2.11. The van der Waals surface area contributed by atoms with Gasteiger partial charge in [0.25, 0.3) is 0 Å². The number of ether oxygens (including phenoxy) is 1. The van der Waals surface area contributed by atoms with Crippen LogP contribution in [0, 0.1) is 0 Å². The quantitative estimate of drug-likeness (QED) is 0.766. The first-order valence-electron chi connectivity index (χ1n) is 4.14. The molecule has 0 radical (unpaired) electrons. The Kier molecular flexibility index (Phi) is 3.14. The molecule has 1 rings (SSSR count). The molecule has 13 heavy (non-hydrogen) atoms. The summed E-state index contributed by atoms with van der Waals surface area (Å²) >= 11 is 0. The van der Waals surface area contributed by atoms with Gasteiger partial charge < -0.3 is 14.7 Å².